The van der Waals surface area contributed by atoms with Crippen LogP contribution in [-0.4, -0.2) is 25.1 Å². The lowest BCUT2D eigenvalue weighted by Crippen LogP contribution is -2.39. The van der Waals surface area contributed by atoms with Crippen LogP contribution in [0.1, 0.15) is 26.2 Å². The zero-order chi connectivity index (χ0) is 8.81. The van der Waals surface area contributed by atoms with Crippen molar-refractivity contribution in [3.8, 4) is 0 Å². The molecular formula is C8H17N3O. The Kier molecular flexibility index (Phi) is 4.04. The van der Waals surface area contributed by atoms with E-state index in [0.29, 0.717) is 0 Å². The molecule has 1 aliphatic heterocycles. The molecule has 0 aromatic rings. The SMILES string of the molecule is CCCN=C(NN)C1CCCO1. The molecule has 0 saturated carbocycles. The van der Waals surface area contributed by atoms with Crippen LogP contribution < -0.4 is 11.3 Å². The van der Waals surface area contributed by atoms with Crippen molar-refractivity contribution in [3.05, 3.63) is 0 Å². The normalized spacial score (nSPS) is 24.5. The first-order valence-electron chi connectivity index (χ1n) is 4.51. The Bertz CT molecular complexity index is 152. The van der Waals surface area contributed by atoms with Crippen molar-refractivity contribution in [2.24, 2.45) is 10.8 Å². The molecule has 12 heavy (non-hydrogen) atoms. The van der Waals surface area contributed by atoms with Crippen LogP contribution >= 0.6 is 0 Å². The second-order valence-corrected chi connectivity index (χ2v) is 2.91. The molecule has 0 spiro atoms. The van der Waals surface area contributed by atoms with Gasteiger partial charge in [-0.15, -0.1) is 0 Å². The largest absolute Gasteiger partial charge is 0.370 e. The zero-order valence-corrected chi connectivity index (χ0v) is 7.55. The molecule has 0 bridgehead atoms. The van der Waals surface area contributed by atoms with E-state index in [1.807, 2.05) is 0 Å². The van der Waals surface area contributed by atoms with E-state index in [-0.39, 0.29) is 6.10 Å². The smallest absolute Gasteiger partial charge is 0.140 e. The molecule has 1 fully saturated rings. The lowest BCUT2D eigenvalue weighted by molar-refractivity contribution is 0.155. The summed E-state index contributed by atoms with van der Waals surface area (Å²) >= 11 is 0. The molecule has 1 atom stereocenters. The van der Waals surface area contributed by atoms with Gasteiger partial charge in [0.15, 0.2) is 0 Å². The van der Waals surface area contributed by atoms with Crippen molar-refractivity contribution in [2.45, 2.75) is 32.3 Å². The van der Waals surface area contributed by atoms with Crippen LogP contribution in [0, 0.1) is 0 Å². The van der Waals surface area contributed by atoms with Crippen molar-refractivity contribution in [2.75, 3.05) is 13.2 Å². The van der Waals surface area contributed by atoms with Gasteiger partial charge in [0.2, 0.25) is 0 Å². The van der Waals surface area contributed by atoms with Gasteiger partial charge in [0.1, 0.15) is 11.9 Å². The summed E-state index contributed by atoms with van der Waals surface area (Å²) in [4.78, 5) is 4.30. The maximum Gasteiger partial charge on any atom is 0.140 e. The topological polar surface area (TPSA) is 59.6 Å². The van der Waals surface area contributed by atoms with Gasteiger partial charge in [-0.3, -0.25) is 4.99 Å². The van der Waals surface area contributed by atoms with Crippen molar-refractivity contribution < 1.29 is 4.74 Å². The molecule has 1 unspecified atom stereocenters. The molecule has 4 heteroatoms. The van der Waals surface area contributed by atoms with E-state index >= 15 is 0 Å². The van der Waals surface area contributed by atoms with E-state index < -0.39 is 0 Å². The fraction of sp³-hybridized carbons (Fsp3) is 0.875. The predicted molar refractivity (Wildman–Crippen MR) is 48.9 cm³/mol. The standard InChI is InChI=1S/C8H17N3O/c1-2-5-10-8(11-9)7-4-3-6-12-7/h7H,2-6,9H2,1H3,(H,10,11). The Morgan fingerprint density at radius 3 is 3.08 bits per heavy atom. The molecule has 0 radical (unpaired) electrons. The second kappa shape index (κ2) is 5.11. The summed E-state index contributed by atoms with van der Waals surface area (Å²) in [6, 6.07) is 0. The summed E-state index contributed by atoms with van der Waals surface area (Å²) in [7, 11) is 0. The van der Waals surface area contributed by atoms with Gasteiger partial charge in [0.25, 0.3) is 0 Å². The van der Waals surface area contributed by atoms with Crippen molar-refractivity contribution in [3.63, 3.8) is 0 Å². The molecule has 0 aliphatic carbocycles. The second-order valence-electron chi connectivity index (χ2n) is 2.91. The minimum absolute atomic E-state index is 0.113. The number of nitrogens with two attached hydrogens (primary N) is 1. The van der Waals surface area contributed by atoms with Gasteiger partial charge >= 0.3 is 0 Å². The average Bonchev–Trinajstić information content (AvgIpc) is 2.59. The van der Waals surface area contributed by atoms with Gasteiger partial charge < -0.3 is 10.2 Å². The van der Waals surface area contributed by atoms with Crippen LogP contribution in [0.4, 0.5) is 0 Å². The molecule has 0 amide bonds. The van der Waals surface area contributed by atoms with Crippen LogP contribution in [0.15, 0.2) is 4.99 Å². The summed E-state index contributed by atoms with van der Waals surface area (Å²) in [6.07, 6.45) is 3.30. The molecule has 3 N–H and O–H groups in total. The Hall–Kier alpha value is -0.610. The van der Waals surface area contributed by atoms with E-state index in [2.05, 4.69) is 17.3 Å². The van der Waals surface area contributed by atoms with E-state index in [1.54, 1.807) is 0 Å². The van der Waals surface area contributed by atoms with Crippen LogP contribution in [0.25, 0.3) is 0 Å². The van der Waals surface area contributed by atoms with Crippen LogP contribution in [0.3, 0.4) is 0 Å². The minimum Gasteiger partial charge on any atom is -0.370 e. The third-order valence-electron chi connectivity index (χ3n) is 1.89. The molecule has 1 saturated heterocycles. The number of hydrazine groups is 1. The summed E-state index contributed by atoms with van der Waals surface area (Å²) in [5.41, 5.74) is 2.60. The number of hydrogen-bond donors (Lipinski definition) is 2. The third kappa shape index (κ3) is 2.46. The fourth-order valence-electron chi connectivity index (χ4n) is 1.27. The Labute approximate surface area is 73.2 Å². The number of rotatable bonds is 3. The number of hydrogen-bond acceptors (Lipinski definition) is 3. The van der Waals surface area contributed by atoms with Gasteiger partial charge in [-0.2, -0.15) is 0 Å². The highest BCUT2D eigenvalue weighted by atomic mass is 16.5. The first-order chi connectivity index (χ1) is 5.88. The molecule has 1 aliphatic rings. The first kappa shape index (κ1) is 9.48. The van der Waals surface area contributed by atoms with Gasteiger partial charge in [0.05, 0.1) is 0 Å². The third-order valence-corrected chi connectivity index (χ3v) is 1.89. The quantitative estimate of drug-likeness (QED) is 0.280. The molecule has 1 heterocycles. The van der Waals surface area contributed by atoms with Gasteiger partial charge in [-0.1, -0.05) is 6.92 Å². The zero-order valence-electron chi connectivity index (χ0n) is 7.55. The molecule has 0 aromatic carbocycles. The van der Waals surface area contributed by atoms with Crippen LogP contribution in [0.5, 0.6) is 0 Å². The number of amidine groups is 1. The van der Waals surface area contributed by atoms with E-state index in [0.717, 1.165) is 38.2 Å². The van der Waals surface area contributed by atoms with Gasteiger partial charge in [0, 0.05) is 13.2 Å². The van der Waals surface area contributed by atoms with E-state index in [9.17, 15) is 0 Å². The highest BCUT2D eigenvalue weighted by molar-refractivity contribution is 5.86. The molecule has 70 valence electrons. The number of ether oxygens (including phenoxy) is 1. The molecule has 0 aromatic heterocycles. The summed E-state index contributed by atoms with van der Waals surface area (Å²) in [5, 5.41) is 0. The predicted octanol–water partition coefficient (Wildman–Crippen LogP) is 0.437. The average molecular weight is 171 g/mol. The Morgan fingerprint density at radius 2 is 2.58 bits per heavy atom. The molecule has 1 rings (SSSR count). The van der Waals surface area contributed by atoms with E-state index in [1.165, 1.54) is 0 Å². The van der Waals surface area contributed by atoms with Gasteiger partial charge in [-0.25, -0.2) is 5.84 Å². The summed E-state index contributed by atoms with van der Waals surface area (Å²) in [6.45, 7) is 3.74. The molecule has 4 nitrogen and oxygen atoms in total. The highest BCUT2D eigenvalue weighted by Gasteiger charge is 2.20. The van der Waals surface area contributed by atoms with Crippen LogP contribution in [0.2, 0.25) is 0 Å². The maximum absolute atomic E-state index is 5.43. The Balaban J connectivity index is 2.42. The first-order valence-corrected chi connectivity index (χ1v) is 4.51. The maximum atomic E-state index is 5.43. The minimum atomic E-state index is 0.113. The fourth-order valence-corrected chi connectivity index (χ4v) is 1.27. The lowest BCUT2D eigenvalue weighted by atomic mass is 10.2. The monoisotopic (exact) mass is 171 g/mol. The summed E-state index contributed by atoms with van der Waals surface area (Å²) in [5.74, 6) is 6.13. The Morgan fingerprint density at radius 1 is 1.75 bits per heavy atom. The van der Waals surface area contributed by atoms with E-state index in [4.69, 9.17) is 10.6 Å². The summed E-state index contributed by atoms with van der Waals surface area (Å²) < 4.78 is 5.43. The number of nitrogens with zero attached hydrogens (tertiary/aromatic N) is 1. The van der Waals surface area contributed by atoms with Crippen LogP contribution in [-0.2, 0) is 4.74 Å². The number of aliphatic imine (C=N–C) groups is 1. The lowest BCUT2D eigenvalue weighted by Gasteiger charge is -2.11. The highest BCUT2D eigenvalue weighted by Crippen LogP contribution is 2.12. The van der Waals surface area contributed by atoms with Crippen molar-refractivity contribution in [1.29, 1.82) is 0 Å². The van der Waals surface area contributed by atoms with Crippen molar-refractivity contribution >= 4 is 5.84 Å². The van der Waals surface area contributed by atoms with Crippen molar-refractivity contribution in [1.82, 2.24) is 5.43 Å². The molecular weight excluding hydrogens is 154 g/mol. The number of nitrogens with one attached hydrogen (secondary N) is 1. The van der Waals surface area contributed by atoms with Gasteiger partial charge in [-0.05, 0) is 19.3 Å².